The van der Waals surface area contributed by atoms with Crippen LogP contribution in [-0.2, 0) is 4.79 Å². The molecule has 1 saturated heterocycles. The molecule has 162 valence electrons. The highest BCUT2D eigenvalue weighted by atomic mass is 35.5. The molecule has 1 saturated carbocycles. The van der Waals surface area contributed by atoms with Gasteiger partial charge in [0.15, 0.2) is 21.8 Å². The molecule has 1 aromatic carbocycles. The molecule has 6 nitrogen and oxygen atoms in total. The van der Waals surface area contributed by atoms with E-state index in [1.807, 2.05) is 35.2 Å². The molecule has 0 spiro atoms. The van der Waals surface area contributed by atoms with Crippen molar-refractivity contribution in [1.29, 1.82) is 0 Å². The molecule has 2 fully saturated rings. The average molecular weight is 458 g/mol. The Balaban J connectivity index is 1.71. The summed E-state index contributed by atoms with van der Waals surface area (Å²) >= 11 is 7.60. The number of pyridine rings is 1. The number of ether oxygens (including phenoxy) is 2. The van der Waals surface area contributed by atoms with Crippen molar-refractivity contribution in [2.24, 2.45) is 4.99 Å². The number of benzene rings is 1. The number of thioether (sulfide) groups is 1. The number of methoxy groups -OCH3 is 2. The van der Waals surface area contributed by atoms with Crippen LogP contribution in [0.1, 0.15) is 37.7 Å². The van der Waals surface area contributed by atoms with E-state index in [9.17, 15) is 4.79 Å². The van der Waals surface area contributed by atoms with E-state index in [2.05, 4.69) is 4.98 Å². The van der Waals surface area contributed by atoms with Crippen LogP contribution < -0.4 is 9.47 Å². The summed E-state index contributed by atoms with van der Waals surface area (Å²) in [6, 6.07) is 9.34. The van der Waals surface area contributed by atoms with Gasteiger partial charge in [0.1, 0.15) is 5.69 Å². The Labute approximate surface area is 191 Å². The molecule has 1 amide bonds. The Morgan fingerprint density at radius 3 is 2.65 bits per heavy atom. The predicted octanol–water partition coefficient (Wildman–Crippen LogP) is 5.69. The molecule has 8 heteroatoms. The normalized spacial score (nSPS) is 20.0. The molecule has 0 bridgehead atoms. The second-order valence-electron chi connectivity index (χ2n) is 7.40. The molecule has 1 aliphatic carbocycles. The van der Waals surface area contributed by atoms with Gasteiger partial charge in [-0.05, 0) is 60.5 Å². The number of aromatic nitrogens is 1. The van der Waals surface area contributed by atoms with E-state index >= 15 is 0 Å². The van der Waals surface area contributed by atoms with Gasteiger partial charge in [-0.25, -0.2) is 9.98 Å². The molecule has 2 heterocycles. The first kappa shape index (κ1) is 21.7. The molecule has 4 rings (SSSR count). The zero-order valence-corrected chi connectivity index (χ0v) is 19.1. The third-order valence-electron chi connectivity index (χ3n) is 5.44. The van der Waals surface area contributed by atoms with Crippen LogP contribution in [-0.4, -0.2) is 41.2 Å². The fourth-order valence-corrected chi connectivity index (χ4v) is 5.10. The molecular formula is C23H24ClN3O3S. The van der Waals surface area contributed by atoms with Crippen molar-refractivity contribution in [3.63, 3.8) is 0 Å². The van der Waals surface area contributed by atoms with E-state index in [4.69, 9.17) is 26.1 Å². The molecule has 0 unspecified atom stereocenters. The number of rotatable bonds is 5. The fourth-order valence-electron chi connectivity index (χ4n) is 3.88. The molecule has 0 N–H and O–H groups in total. The lowest BCUT2D eigenvalue weighted by atomic mass is 9.94. The number of aliphatic imine (C=N–C) groups is 1. The zero-order valence-electron chi connectivity index (χ0n) is 17.5. The summed E-state index contributed by atoms with van der Waals surface area (Å²) in [5, 5.41) is 0.975. The van der Waals surface area contributed by atoms with E-state index in [0.717, 1.165) is 31.2 Å². The second kappa shape index (κ2) is 9.75. The van der Waals surface area contributed by atoms with Crippen LogP contribution >= 0.6 is 23.4 Å². The highest BCUT2D eigenvalue weighted by molar-refractivity contribution is 8.18. The van der Waals surface area contributed by atoms with Crippen LogP contribution in [0.15, 0.2) is 46.4 Å². The van der Waals surface area contributed by atoms with Crippen molar-refractivity contribution in [3.05, 3.63) is 52.2 Å². The summed E-state index contributed by atoms with van der Waals surface area (Å²) in [5.41, 5.74) is 1.42. The largest absolute Gasteiger partial charge is 0.493 e. The van der Waals surface area contributed by atoms with Crippen molar-refractivity contribution in [2.45, 2.75) is 38.1 Å². The van der Waals surface area contributed by atoms with Crippen molar-refractivity contribution < 1.29 is 14.3 Å². The predicted molar refractivity (Wildman–Crippen MR) is 125 cm³/mol. The van der Waals surface area contributed by atoms with E-state index in [-0.39, 0.29) is 11.9 Å². The van der Waals surface area contributed by atoms with Crippen molar-refractivity contribution in [2.75, 3.05) is 14.2 Å². The first-order chi connectivity index (χ1) is 15.1. The summed E-state index contributed by atoms with van der Waals surface area (Å²) in [4.78, 5) is 24.7. The van der Waals surface area contributed by atoms with Crippen molar-refractivity contribution in [1.82, 2.24) is 9.88 Å². The standard InChI is InChI=1S/C23H24ClN3O3S/c1-29-18-11-10-15(13-19(18)30-2)14-20-22(28)27(16-7-4-3-5-8-16)23(31-20)26-17-9-6-12-25-21(17)24/h6,9-14,16H,3-5,7-8H2,1-2H3/b20-14-,26-23?. The Morgan fingerprint density at radius 2 is 1.94 bits per heavy atom. The number of halogens is 1. The van der Waals surface area contributed by atoms with E-state index < -0.39 is 0 Å². The maximum atomic E-state index is 13.4. The molecule has 2 aliphatic rings. The minimum Gasteiger partial charge on any atom is -0.493 e. The summed E-state index contributed by atoms with van der Waals surface area (Å²) in [7, 11) is 3.19. The summed E-state index contributed by atoms with van der Waals surface area (Å²) in [5.74, 6) is 1.24. The topological polar surface area (TPSA) is 64.0 Å². The first-order valence-corrected chi connectivity index (χ1v) is 11.4. The fraction of sp³-hybridized carbons (Fsp3) is 0.348. The smallest absolute Gasteiger partial charge is 0.267 e. The number of amides is 1. The number of amidine groups is 1. The number of carbonyl (C=O) groups is 1. The van der Waals surface area contributed by atoms with Crippen molar-refractivity contribution >= 4 is 46.2 Å². The third-order valence-corrected chi connectivity index (χ3v) is 6.71. The van der Waals surface area contributed by atoms with Gasteiger partial charge in [-0.1, -0.05) is 36.9 Å². The van der Waals surface area contributed by atoms with Gasteiger partial charge in [0.25, 0.3) is 5.91 Å². The highest BCUT2D eigenvalue weighted by Crippen LogP contribution is 2.39. The second-order valence-corrected chi connectivity index (χ2v) is 8.77. The Bertz CT molecular complexity index is 1030. The van der Waals surface area contributed by atoms with Gasteiger partial charge >= 0.3 is 0 Å². The Hall–Kier alpha value is -2.51. The van der Waals surface area contributed by atoms with Gasteiger partial charge in [-0.2, -0.15) is 0 Å². The number of nitrogens with zero attached hydrogens (tertiary/aromatic N) is 3. The van der Waals surface area contributed by atoms with E-state index in [0.29, 0.717) is 32.4 Å². The molecule has 0 radical (unpaired) electrons. The number of hydrogen-bond donors (Lipinski definition) is 0. The zero-order chi connectivity index (χ0) is 21.8. The Morgan fingerprint density at radius 1 is 1.16 bits per heavy atom. The maximum absolute atomic E-state index is 13.4. The third kappa shape index (κ3) is 4.72. The van der Waals surface area contributed by atoms with Gasteiger partial charge in [0, 0.05) is 12.2 Å². The SMILES string of the molecule is COc1ccc(/C=C2\SC(=Nc3cccnc3Cl)N(C3CCCCC3)C2=O)cc1OC. The van der Waals surface area contributed by atoms with Crippen LogP contribution in [0.4, 0.5) is 5.69 Å². The molecule has 31 heavy (non-hydrogen) atoms. The first-order valence-electron chi connectivity index (χ1n) is 10.2. The summed E-state index contributed by atoms with van der Waals surface area (Å²) in [6.07, 6.45) is 8.91. The summed E-state index contributed by atoms with van der Waals surface area (Å²) < 4.78 is 10.7. The van der Waals surface area contributed by atoms with E-state index in [1.165, 1.54) is 18.2 Å². The average Bonchev–Trinajstić information content (AvgIpc) is 3.10. The highest BCUT2D eigenvalue weighted by Gasteiger charge is 2.38. The quantitative estimate of drug-likeness (QED) is 0.426. The number of carbonyl (C=O) groups excluding carboxylic acids is 1. The van der Waals surface area contributed by atoms with Gasteiger partial charge in [0.2, 0.25) is 0 Å². The lowest BCUT2D eigenvalue weighted by Gasteiger charge is -2.30. The van der Waals surface area contributed by atoms with E-state index in [1.54, 1.807) is 26.5 Å². The van der Waals surface area contributed by atoms with Gasteiger partial charge in [-0.15, -0.1) is 0 Å². The van der Waals surface area contributed by atoms with Crippen LogP contribution in [0.5, 0.6) is 11.5 Å². The Kier molecular flexibility index (Phi) is 6.83. The van der Waals surface area contributed by atoms with Gasteiger partial charge in [0.05, 0.1) is 19.1 Å². The van der Waals surface area contributed by atoms with Crippen molar-refractivity contribution in [3.8, 4) is 11.5 Å². The monoisotopic (exact) mass is 457 g/mol. The molecule has 1 aliphatic heterocycles. The van der Waals surface area contributed by atoms with Crippen LogP contribution in [0.3, 0.4) is 0 Å². The molecular weight excluding hydrogens is 434 g/mol. The molecule has 0 atom stereocenters. The molecule has 2 aromatic rings. The van der Waals surface area contributed by atoms with Crippen LogP contribution in [0.25, 0.3) is 6.08 Å². The lowest BCUT2D eigenvalue weighted by Crippen LogP contribution is -2.40. The lowest BCUT2D eigenvalue weighted by molar-refractivity contribution is -0.124. The summed E-state index contributed by atoms with van der Waals surface area (Å²) in [6.45, 7) is 0. The van der Waals surface area contributed by atoms with Gasteiger partial charge < -0.3 is 9.47 Å². The number of hydrogen-bond acceptors (Lipinski definition) is 6. The maximum Gasteiger partial charge on any atom is 0.267 e. The molecule has 1 aromatic heterocycles. The minimum atomic E-state index is -0.0227. The van der Waals surface area contributed by atoms with Gasteiger partial charge in [-0.3, -0.25) is 9.69 Å². The minimum absolute atomic E-state index is 0.0227. The van der Waals surface area contributed by atoms with Crippen LogP contribution in [0.2, 0.25) is 5.15 Å². The van der Waals surface area contributed by atoms with Crippen LogP contribution in [0, 0.1) is 0 Å².